The van der Waals surface area contributed by atoms with Crippen molar-refractivity contribution in [2.24, 2.45) is 4.40 Å². The Balaban J connectivity index is 2.54. The molecular weight excluding hydrogens is 360 g/mol. The van der Waals surface area contributed by atoms with Gasteiger partial charge in [-0.05, 0) is 19.1 Å². The molecule has 0 fully saturated rings. The number of rotatable bonds is 7. The van der Waals surface area contributed by atoms with E-state index in [4.69, 9.17) is 10.5 Å². The van der Waals surface area contributed by atoms with Crippen LogP contribution in [0.3, 0.4) is 0 Å². The molecule has 6 nitrogen and oxygen atoms in total. The van der Waals surface area contributed by atoms with Crippen molar-refractivity contribution in [3.8, 4) is 12.1 Å². The van der Waals surface area contributed by atoms with Crippen molar-refractivity contribution in [1.29, 1.82) is 10.5 Å². The first-order chi connectivity index (χ1) is 13.0. The van der Waals surface area contributed by atoms with Crippen LogP contribution in [0.1, 0.15) is 24.0 Å². The number of aryl methyl sites for hydroxylation is 1. The number of nitriles is 2. The number of hydrogen-bond donors (Lipinski definition) is 0. The molecule has 0 saturated heterocycles. The molecule has 2 rings (SSSR count). The zero-order valence-electron chi connectivity index (χ0n) is 15.0. The first-order valence-corrected chi connectivity index (χ1v) is 9.88. The van der Waals surface area contributed by atoms with E-state index in [0.717, 1.165) is 5.56 Å². The van der Waals surface area contributed by atoms with E-state index in [9.17, 15) is 8.42 Å². The lowest BCUT2D eigenvalue weighted by molar-refractivity contribution is 0.437. The van der Waals surface area contributed by atoms with Crippen LogP contribution < -0.4 is 0 Å². The van der Waals surface area contributed by atoms with Crippen LogP contribution in [0.4, 0.5) is 0 Å². The van der Waals surface area contributed by atoms with Crippen LogP contribution in [0.15, 0.2) is 63.9 Å². The van der Waals surface area contributed by atoms with Crippen molar-refractivity contribution in [2.45, 2.75) is 24.7 Å². The maximum Gasteiger partial charge on any atom is 0.284 e. The highest BCUT2D eigenvalue weighted by molar-refractivity contribution is 7.90. The first-order valence-electron chi connectivity index (χ1n) is 8.44. The Labute approximate surface area is 160 Å². The monoisotopic (exact) mass is 380 g/mol. The van der Waals surface area contributed by atoms with Gasteiger partial charge >= 0.3 is 0 Å². The van der Waals surface area contributed by atoms with E-state index >= 15 is 0 Å². The summed E-state index contributed by atoms with van der Waals surface area (Å²) >= 11 is 0. The maximum atomic E-state index is 12.8. The van der Waals surface area contributed by atoms with Gasteiger partial charge in [0.25, 0.3) is 10.0 Å². The third-order valence-corrected chi connectivity index (χ3v) is 5.13. The maximum absolute atomic E-state index is 12.8. The third-order valence-electron chi connectivity index (χ3n) is 3.84. The Hall–Kier alpha value is -3.16. The summed E-state index contributed by atoms with van der Waals surface area (Å²) in [4.78, 5) is 1.77. The van der Waals surface area contributed by atoms with Crippen molar-refractivity contribution >= 4 is 15.9 Å². The minimum absolute atomic E-state index is 0.0991. The van der Waals surface area contributed by atoms with E-state index in [0.29, 0.717) is 5.56 Å². The number of amidine groups is 1. The van der Waals surface area contributed by atoms with E-state index in [1.807, 2.05) is 13.0 Å². The molecule has 2 aromatic rings. The van der Waals surface area contributed by atoms with Crippen LogP contribution in [-0.4, -0.2) is 32.2 Å². The molecule has 0 heterocycles. The number of nitrogens with zero attached hydrogens (tertiary/aromatic N) is 4. The van der Waals surface area contributed by atoms with Crippen LogP contribution in [-0.2, 0) is 10.0 Å². The molecule has 0 amide bonds. The summed E-state index contributed by atoms with van der Waals surface area (Å²) < 4.78 is 29.8. The lowest BCUT2D eigenvalue weighted by Crippen LogP contribution is -2.34. The van der Waals surface area contributed by atoms with Crippen LogP contribution in [0.2, 0.25) is 0 Å². The van der Waals surface area contributed by atoms with Gasteiger partial charge in [0, 0.05) is 18.7 Å². The Morgan fingerprint density at radius 1 is 0.963 bits per heavy atom. The van der Waals surface area contributed by atoms with Gasteiger partial charge in [0.05, 0.1) is 29.9 Å². The zero-order valence-corrected chi connectivity index (χ0v) is 15.9. The molecule has 0 aromatic heterocycles. The Morgan fingerprint density at radius 2 is 1.52 bits per heavy atom. The molecule has 0 spiro atoms. The molecule has 2 aromatic carbocycles. The van der Waals surface area contributed by atoms with Gasteiger partial charge in [0.15, 0.2) is 0 Å². The number of sulfonamides is 1. The molecule has 0 aliphatic heterocycles. The fraction of sp³-hybridized carbons (Fsp3) is 0.250. The van der Waals surface area contributed by atoms with E-state index in [-0.39, 0.29) is 36.7 Å². The average Bonchev–Trinajstić information content (AvgIpc) is 2.68. The van der Waals surface area contributed by atoms with E-state index in [1.165, 1.54) is 12.1 Å². The molecule has 27 heavy (non-hydrogen) atoms. The minimum Gasteiger partial charge on any atom is -0.353 e. The largest absolute Gasteiger partial charge is 0.353 e. The highest BCUT2D eigenvalue weighted by Gasteiger charge is 2.20. The standard InChI is InChI=1S/C20H20N4O2S/c1-17-9-11-19(12-10-17)27(25,26)23-20(18-7-3-2-4-8-18)24(15-5-13-21)16-6-14-22/h2-4,7-12H,5-6,15-16H2,1H3. The summed E-state index contributed by atoms with van der Waals surface area (Å²) in [6, 6.07) is 19.5. The second kappa shape index (κ2) is 9.51. The fourth-order valence-electron chi connectivity index (χ4n) is 2.45. The average molecular weight is 380 g/mol. The Bertz CT molecular complexity index is 951. The summed E-state index contributed by atoms with van der Waals surface area (Å²) in [6.07, 6.45) is 0.393. The fourth-order valence-corrected chi connectivity index (χ4v) is 3.48. The van der Waals surface area contributed by atoms with E-state index < -0.39 is 10.0 Å². The topological polar surface area (TPSA) is 97.3 Å². The Kier molecular flexibility index (Phi) is 7.10. The predicted octanol–water partition coefficient (Wildman–Crippen LogP) is 3.26. The number of hydrogen-bond acceptors (Lipinski definition) is 4. The molecule has 0 saturated carbocycles. The van der Waals surface area contributed by atoms with Crippen molar-refractivity contribution < 1.29 is 8.42 Å². The van der Waals surface area contributed by atoms with Gasteiger partial charge in [-0.1, -0.05) is 48.0 Å². The van der Waals surface area contributed by atoms with Crippen molar-refractivity contribution in [1.82, 2.24) is 4.90 Å². The van der Waals surface area contributed by atoms with Crippen LogP contribution in [0.25, 0.3) is 0 Å². The predicted molar refractivity (Wildman–Crippen MR) is 103 cm³/mol. The van der Waals surface area contributed by atoms with Crippen molar-refractivity contribution in [3.63, 3.8) is 0 Å². The molecule has 0 radical (unpaired) electrons. The van der Waals surface area contributed by atoms with Gasteiger partial charge in [-0.2, -0.15) is 18.9 Å². The second-order valence-electron chi connectivity index (χ2n) is 5.87. The highest BCUT2D eigenvalue weighted by atomic mass is 32.2. The summed E-state index contributed by atoms with van der Waals surface area (Å²) in [5.74, 6) is 0.238. The van der Waals surface area contributed by atoms with E-state index in [2.05, 4.69) is 16.5 Å². The van der Waals surface area contributed by atoms with Gasteiger partial charge in [0.2, 0.25) is 0 Å². The van der Waals surface area contributed by atoms with Gasteiger partial charge in [-0.3, -0.25) is 0 Å². The van der Waals surface area contributed by atoms with Gasteiger partial charge in [0.1, 0.15) is 5.84 Å². The van der Waals surface area contributed by atoms with Crippen LogP contribution in [0, 0.1) is 29.6 Å². The highest BCUT2D eigenvalue weighted by Crippen LogP contribution is 2.17. The second-order valence-corrected chi connectivity index (χ2v) is 7.48. The minimum atomic E-state index is -3.94. The zero-order chi connectivity index (χ0) is 19.7. The normalized spacial score (nSPS) is 11.4. The molecule has 0 atom stereocenters. The third kappa shape index (κ3) is 5.67. The van der Waals surface area contributed by atoms with Crippen LogP contribution >= 0.6 is 0 Å². The van der Waals surface area contributed by atoms with Gasteiger partial charge < -0.3 is 4.90 Å². The SMILES string of the molecule is Cc1ccc(S(=O)(=O)N=C(c2ccccc2)N(CCC#N)CCC#N)cc1. The molecular formula is C20H20N4O2S. The summed E-state index contributed by atoms with van der Waals surface area (Å²) in [7, 11) is -3.94. The first kappa shape index (κ1) is 20.2. The number of benzene rings is 2. The quantitative estimate of drug-likeness (QED) is 0.542. The smallest absolute Gasteiger partial charge is 0.284 e. The molecule has 0 bridgehead atoms. The Morgan fingerprint density at radius 3 is 2.04 bits per heavy atom. The molecule has 138 valence electrons. The van der Waals surface area contributed by atoms with Gasteiger partial charge in [-0.15, -0.1) is 4.40 Å². The summed E-state index contributed by atoms with van der Waals surface area (Å²) in [5.41, 5.74) is 1.56. The lowest BCUT2D eigenvalue weighted by Gasteiger charge is -2.24. The van der Waals surface area contributed by atoms with Crippen LogP contribution in [0.5, 0.6) is 0 Å². The molecule has 0 aliphatic rings. The lowest BCUT2D eigenvalue weighted by atomic mass is 10.2. The molecule has 0 unspecified atom stereocenters. The summed E-state index contributed by atoms with van der Waals surface area (Å²) in [6.45, 7) is 2.45. The van der Waals surface area contributed by atoms with Crippen molar-refractivity contribution in [3.05, 3.63) is 65.7 Å². The summed E-state index contributed by atoms with van der Waals surface area (Å²) in [5, 5.41) is 17.9. The van der Waals surface area contributed by atoms with Crippen molar-refractivity contribution in [2.75, 3.05) is 13.1 Å². The molecule has 0 N–H and O–H groups in total. The van der Waals surface area contributed by atoms with Gasteiger partial charge in [-0.25, -0.2) is 0 Å². The molecule has 7 heteroatoms. The molecule has 0 aliphatic carbocycles. The van der Waals surface area contributed by atoms with E-state index in [1.54, 1.807) is 41.3 Å².